The van der Waals surface area contributed by atoms with E-state index in [1.165, 1.54) is 0 Å². The summed E-state index contributed by atoms with van der Waals surface area (Å²) in [4.78, 5) is 17.4. The van der Waals surface area contributed by atoms with Crippen LogP contribution in [0.2, 0.25) is 0 Å². The van der Waals surface area contributed by atoms with Crippen LogP contribution in [0, 0.1) is 5.92 Å². The normalized spacial score (nSPS) is 17.2. The topological polar surface area (TPSA) is 66.6 Å². The molecular formula is C13H14N2O3. The number of piperidine rings is 1. The molecule has 1 aliphatic rings. The lowest BCUT2D eigenvalue weighted by atomic mass is 9.97. The highest BCUT2D eigenvalue weighted by molar-refractivity contribution is 5.87. The second kappa shape index (κ2) is 4.33. The maximum Gasteiger partial charge on any atom is 0.306 e. The number of aromatic nitrogens is 1. The summed E-state index contributed by atoms with van der Waals surface area (Å²) in [6.07, 6.45) is 4.73. The third-order valence-electron chi connectivity index (χ3n) is 3.49. The Morgan fingerprint density at radius 1 is 1.39 bits per heavy atom. The van der Waals surface area contributed by atoms with E-state index in [1.807, 2.05) is 12.1 Å². The van der Waals surface area contributed by atoms with Crippen molar-refractivity contribution in [1.29, 1.82) is 0 Å². The largest absolute Gasteiger partial charge is 0.481 e. The van der Waals surface area contributed by atoms with Crippen LogP contribution in [0.25, 0.3) is 11.0 Å². The molecule has 1 N–H and O–H groups in total. The number of carboxylic acid groups (broad SMARTS) is 1. The van der Waals surface area contributed by atoms with Gasteiger partial charge in [-0.25, -0.2) is 4.98 Å². The molecule has 2 aromatic heterocycles. The SMILES string of the molecule is O=C(O)C1CCN(c2nccc3ccoc23)CC1. The first-order valence-electron chi connectivity index (χ1n) is 6.05. The lowest BCUT2D eigenvalue weighted by molar-refractivity contribution is -0.142. The number of hydrogen-bond donors (Lipinski definition) is 1. The van der Waals surface area contributed by atoms with Gasteiger partial charge in [0.1, 0.15) is 0 Å². The van der Waals surface area contributed by atoms with Gasteiger partial charge >= 0.3 is 5.97 Å². The van der Waals surface area contributed by atoms with Gasteiger partial charge in [-0.1, -0.05) is 0 Å². The van der Waals surface area contributed by atoms with E-state index < -0.39 is 5.97 Å². The van der Waals surface area contributed by atoms with Crippen LogP contribution in [0.5, 0.6) is 0 Å². The van der Waals surface area contributed by atoms with Crippen LogP contribution in [-0.4, -0.2) is 29.1 Å². The van der Waals surface area contributed by atoms with E-state index in [4.69, 9.17) is 9.52 Å². The van der Waals surface area contributed by atoms with Crippen LogP contribution >= 0.6 is 0 Å². The van der Waals surface area contributed by atoms with E-state index in [0.717, 1.165) is 16.8 Å². The predicted octanol–water partition coefficient (Wildman–Crippen LogP) is 2.13. The van der Waals surface area contributed by atoms with Crippen LogP contribution in [-0.2, 0) is 4.79 Å². The van der Waals surface area contributed by atoms with Crippen LogP contribution in [0.1, 0.15) is 12.8 Å². The van der Waals surface area contributed by atoms with E-state index in [2.05, 4.69) is 9.88 Å². The molecule has 0 saturated carbocycles. The summed E-state index contributed by atoms with van der Waals surface area (Å²) in [7, 11) is 0. The molecule has 1 fully saturated rings. The zero-order chi connectivity index (χ0) is 12.5. The molecule has 3 heterocycles. The van der Waals surface area contributed by atoms with Gasteiger partial charge in [0, 0.05) is 24.7 Å². The summed E-state index contributed by atoms with van der Waals surface area (Å²) < 4.78 is 5.46. The Morgan fingerprint density at radius 3 is 2.89 bits per heavy atom. The van der Waals surface area contributed by atoms with Crippen LogP contribution in [0.3, 0.4) is 0 Å². The third-order valence-corrected chi connectivity index (χ3v) is 3.49. The van der Waals surface area contributed by atoms with Gasteiger partial charge in [-0.2, -0.15) is 0 Å². The average Bonchev–Trinajstić information content (AvgIpc) is 2.87. The highest BCUT2D eigenvalue weighted by Gasteiger charge is 2.26. The Hall–Kier alpha value is -2.04. The molecule has 0 amide bonds. The number of carboxylic acids is 1. The molecule has 0 atom stereocenters. The van der Waals surface area contributed by atoms with Crippen molar-refractivity contribution in [1.82, 2.24) is 4.98 Å². The third kappa shape index (κ3) is 1.81. The highest BCUT2D eigenvalue weighted by atomic mass is 16.4. The molecule has 94 valence electrons. The number of nitrogens with zero attached hydrogens (tertiary/aromatic N) is 2. The van der Waals surface area contributed by atoms with Crippen molar-refractivity contribution >= 4 is 22.8 Å². The zero-order valence-corrected chi connectivity index (χ0v) is 9.87. The molecule has 0 aliphatic carbocycles. The Bertz CT molecular complexity index is 570. The molecule has 0 radical (unpaired) electrons. The van der Waals surface area contributed by atoms with Gasteiger partial charge in [-0.05, 0) is 25.0 Å². The van der Waals surface area contributed by atoms with Crippen molar-refractivity contribution in [3.05, 3.63) is 24.6 Å². The lowest BCUT2D eigenvalue weighted by Crippen LogP contribution is -2.36. The van der Waals surface area contributed by atoms with Gasteiger partial charge in [0.05, 0.1) is 12.2 Å². The van der Waals surface area contributed by atoms with Crippen LogP contribution in [0.4, 0.5) is 5.82 Å². The zero-order valence-electron chi connectivity index (χ0n) is 9.87. The molecule has 1 saturated heterocycles. The summed E-state index contributed by atoms with van der Waals surface area (Å²) >= 11 is 0. The van der Waals surface area contributed by atoms with E-state index in [-0.39, 0.29) is 5.92 Å². The first kappa shape index (κ1) is 11.1. The Balaban J connectivity index is 1.84. The number of anilines is 1. The molecule has 1 aliphatic heterocycles. The van der Waals surface area contributed by atoms with Crippen molar-refractivity contribution < 1.29 is 14.3 Å². The number of hydrogen-bond acceptors (Lipinski definition) is 4. The van der Waals surface area contributed by atoms with Gasteiger partial charge in [-0.15, -0.1) is 0 Å². The summed E-state index contributed by atoms with van der Waals surface area (Å²) in [6, 6.07) is 3.82. The maximum absolute atomic E-state index is 10.9. The van der Waals surface area contributed by atoms with Crippen molar-refractivity contribution in [3.63, 3.8) is 0 Å². The molecule has 2 aromatic rings. The van der Waals surface area contributed by atoms with Gasteiger partial charge in [0.25, 0.3) is 0 Å². The molecule has 0 aromatic carbocycles. The molecule has 5 heteroatoms. The monoisotopic (exact) mass is 246 g/mol. The van der Waals surface area contributed by atoms with Crippen molar-refractivity contribution in [3.8, 4) is 0 Å². The number of aliphatic carboxylic acids is 1. The summed E-state index contributed by atoms with van der Waals surface area (Å²) in [5.74, 6) is -0.0998. The number of furan rings is 1. The Morgan fingerprint density at radius 2 is 2.17 bits per heavy atom. The van der Waals surface area contributed by atoms with E-state index in [1.54, 1.807) is 12.5 Å². The molecular weight excluding hydrogens is 232 g/mol. The van der Waals surface area contributed by atoms with Crippen LogP contribution in [0.15, 0.2) is 29.0 Å². The fraction of sp³-hybridized carbons (Fsp3) is 0.385. The molecule has 0 spiro atoms. The Kier molecular flexibility index (Phi) is 2.66. The summed E-state index contributed by atoms with van der Waals surface area (Å²) in [5.41, 5.74) is 0.784. The Labute approximate surface area is 104 Å². The summed E-state index contributed by atoms with van der Waals surface area (Å²) in [6.45, 7) is 1.42. The minimum Gasteiger partial charge on any atom is -0.481 e. The number of pyridine rings is 1. The minimum absolute atomic E-state index is 0.225. The second-order valence-corrected chi connectivity index (χ2v) is 4.57. The predicted molar refractivity (Wildman–Crippen MR) is 66.6 cm³/mol. The standard InChI is InChI=1S/C13H14N2O3/c16-13(17)10-2-6-15(7-3-10)12-11-9(1-5-14-12)4-8-18-11/h1,4-5,8,10H,2-3,6-7H2,(H,16,17). The number of carbonyl (C=O) groups is 1. The lowest BCUT2D eigenvalue weighted by Gasteiger charge is -2.30. The van der Waals surface area contributed by atoms with Crippen LogP contribution < -0.4 is 4.90 Å². The minimum atomic E-state index is -0.696. The van der Waals surface area contributed by atoms with Gasteiger partial charge in [0.15, 0.2) is 11.4 Å². The first-order chi connectivity index (χ1) is 8.75. The quantitative estimate of drug-likeness (QED) is 0.879. The van der Waals surface area contributed by atoms with Crippen molar-refractivity contribution in [2.75, 3.05) is 18.0 Å². The van der Waals surface area contributed by atoms with E-state index in [9.17, 15) is 4.79 Å². The second-order valence-electron chi connectivity index (χ2n) is 4.57. The highest BCUT2D eigenvalue weighted by Crippen LogP contribution is 2.28. The van der Waals surface area contributed by atoms with E-state index in [0.29, 0.717) is 25.9 Å². The van der Waals surface area contributed by atoms with Gasteiger partial charge in [0.2, 0.25) is 0 Å². The molecule has 5 nitrogen and oxygen atoms in total. The molecule has 3 rings (SSSR count). The summed E-state index contributed by atoms with van der Waals surface area (Å²) in [5, 5.41) is 10.0. The fourth-order valence-corrected chi connectivity index (χ4v) is 2.44. The fourth-order valence-electron chi connectivity index (χ4n) is 2.44. The van der Waals surface area contributed by atoms with Gasteiger partial charge in [-0.3, -0.25) is 4.79 Å². The maximum atomic E-state index is 10.9. The number of rotatable bonds is 2. The van der Waals surface area contributed by atoms with Crippen molar-refractivity contribution in [2.24, 2.45) is 5.92 Å². The number of fused-ring (bicyclic) bond motifs is 1. The molecule has 0 bridgehead atoms. The molecule has 18 heavy (non-hydrogen) atoms. The van der Waals surface area contributed by atoms with E-state index >= 15 is 0 Å². The smallest absolute Gasteiger partial charge is 0.306 e. The van der Waals surface area contributed by atoms with Gasteiger partial charge < -0.3 is 14.4 Å². The molecule has 0 unspecified atom stereocenters. The van der Waals surface area contributed by atoms with Crippen molar-refractivity contribution in [2.45, 2.75) is 12.8 Å². The average molecular weight is 246 g/mol. The first-order valence-corrected chi connectivity index (χ1v) is 6.05.